The van der Waals surface area contributed by atoms with E-state index in [0.717, 1.165) is 44.6 Å². The molecule has 172 valence electrons. The number of benzene rings is 2. The lowest BCUT2D eigenvalue weighted by molar-refractivity contribution is -0.911. The summed E-state index contributed by atoms with van der Waals surface area (Å²) in [6.45, 7) is 3.89. The van der Waals surface area contributed by atoms with Crippen LogP contribution in [-0.2, 0) is 23.0 Å². The number of aryl methyl sites for hydroxylation is 1. The number of likely N-dealkylation sites (tertiary alicyclic amines) is 1. The van der Waals surface area contributed by atoms with E-state index in [2.05, 4.69) is 35.1 Å². The first-order valence-electron chi connectivity index (χ1n) is 11.7. The fourth-order valence-electron chi connectivity index (χ4n) is 5.44. The van der Waals surface area contributed by atoms with Crippen LogP contribution < -0.4 is 15.2 Å². The van der Waals surface area contributed by atoms with Crippen molar-refractivity contribution in [1.82, 2.24) is 4.57 Å². The maximum absolute atomic E-state index is 13.2. The van der Waals surface area contributed by atoms with E-state index in [-0.39, 0.29) is 16.1 Å². The molecule has 5 rings (SSSR count). The van der Waals surface area contributed by atoms with Gasteiger partial charge in [0.05, 0.1) is 24.5 Å². The number of piperidine rings is 1. The molecule has 7 heteroatoms. The highest BCUT2D eigenvalue weighted by Crippen LogP contribution is 2.31. The van der Waals surface area contributed by atoms with Gasteiger partial charge in [-0.2, -0.15) is 0 Å². The molecule has 1 saturated heterocycles. The first kappa shape index (κ1) is 21.9. The Morgan fingerprint density at radius 3 is 2.42 bits per heavy atom. The van der Waals surface area contributed by atoms with E-state index in [4.69, 9.17) is 0 Å². The minimum Gasteiger partial charge on any atom is -0.334 e. The number of sulfonamides is 1. The molecular weight excluding hydrogens is 434 g/mol. The normalized spacial score (nSPS) is 21.9. The number of hydrogen-bond donors (Lipinski definition) is 2. The van der Waals surface area contributed by atoms with Crippen LogP contribution in [0.25, 0.3) is 0 Å². The van der Waals surface area contributed by atoms with Gasteiger partial charge in [0, 0.05) is 30.5 Å². The lowest BCUT2D eigenvalue weighted by atomic mass is 9.83. The zero-order valence-corrected chi connectivity index (χ0v) is 19.4. The van der Waals surface area contributed by atoms with Gasteiger partial charge in [-0.3, -0.25) is 9.52 Å². The molecule has 2 aliphatic heterocycles. The molecule has 6 nitrogen and oxygen atoms in total. The Morgan fingerprint density at radius 2 is 1.67 bits per heavy atom. The molecule has 0 aliphatic carbocycles. The monoisotopic (exact) mass is 464 g/mol. The van der Waals surface area contributed by atoms with Crippen LogP contribution in [0.15, 0.2) is 82.5 Å². The van der Waals surface area contributed by atoms with Gasteiger partial charge in [0.25, 0.3) is 15.6 Å². The van der Waals surface area contributed by atoms with Gasteiger partial charge >= 0.3 is 0 Å². The van der Waals surface area contributed by atoms with Gasteiger partial charge in [0.1, 0.15) is 5.69 Å². The molecule has 2 aliphatic rings. The largest absolute Gasteiger partial charge is 0.334 e. The standard InChI is InChI=1S/C26H29N3O3S/c30-26-24(27-33(31,32)23-11-5-2-6-12-23)13-14-25-22-16-21(18-29(25)26)17-28(19-22)15-7-10-20-8-3-1-4-9-20/h1-6,8-9,11-14,21-22,27H,7,10,15-19H2/p+1/t21-,22+/m0/s1. The zero-order valence-electron chi connectivity index (χ0n) is 18.6. The molecule has 2 aromatic carbocycles. The third-order valence-corrected chi connectivity index (χ3v) is 8.32. The lowest BCUT2D eigenvalue weighted by Crippen LogP contribution is -3.14. The Balaban J connectivity index is 1.29. The van der Waals surface area contributed by atoms with E-state index in [0.29, 0.717) is 18.4 Å². The Hall–Kier alpha value is -2.90. The Labute approximate surface area is 194 Å². The number of aromatic nitrogens is 1. The molecule has 3 heterocycles. The highest BCUT2D eigenvalue weighted by molar-refractivity contribution is 7.92. The molecule has 1 unspecified atom stereocenters. The van der Waals surface area contributed by atoms with Crippen molar-refractivity contribution in [3.8, 4) is 0 Å². The number of rotatable bonds is 7. The summed E-state index contributed by atoms with van der Waals surface area (Å²) in [6.07, 6.45) is 3.36. The number of nitrogens with zero attached hydrogens (tertiary/aromatic N) is 1. The summed E-state index contributed by atoms with van der Waals surface area (Å²) in [5.74, 6) is 0.790. The van der Waals surface area contributed by atoms with Crippen LogP contribution in [0, 0.1) is 5.92 Å². The van der Waals surface area contributed by atoms with Crippen LogP contribution in [0.3, 0.4) is 0 Å². The van der Waals surface area contributed by atoms with Gasteiger partial charge < -0.3 is 9.47 Å². The predicted octanol–water partition coefficient (Wildman–Crippen LogP) is 2.28. The molecule has 1 aromatic heterocycles. The van der Waals surface area contributed by atoms with E-state index in [9.17, 15) is 13.2 Å². The van der Waals surface area contributed by atoms with E-state index in [1.807, 2.05) is 10.6 Å². The molecule has 3 aromatic rings. The summed E-state index contributed by atoms with van der Waals surface area (Å²) in [5, 5.41) is 0. The van der Waals surface area contributed by atoms with Crippen LogP contribution in [0.4, 0.5) is 5.69 Å². The Kier molecular flexibility index (Phi) is 6.08. The summed E-state index contributed by atoms with van der Waals surface area (Å²) in [5.41, 5.74) is 2.31. The summed E-state index contributed by atoms with van der Waals surface area (Å²) >= 11 is 0. The van der Waals surface area contributed by atoms with Crippen molar-refractivity contribution in [2.45, 2.75) is 36.6 Å². The average Bonchev–Trinajstić information content (AvgIpc) is 2.82. The van der Waals surface area contributed by atoms with Gasteiger partial charge in [0.15, 0.2) is 0 Å². The van der Waals surface area contributed by atoms with Gasteiger partial charge in [-0.15, -0.1) is 0 Å². The van der Waals surface area contributed by atoms with Crippen molar-refractivity contribution in [3.05, 3.63) is 94.4 Å². The minimum absolute atomic E-state index is 0.120. The number of quaternary nitrogens is 1. The highest BCUT2D eigenvalue weighted by Gasteiger charge is 2.37. The predicted molar refractivity (Wildman–Crippen MR) is 129 cm³/mol. The van der Waals surface area contributed by atoms with Crippen LogP contribution in [0.1, 0.15) is 30.0 Å². The topological polar surface area (TPSA) is 72.6 Å². The van der Waals surface area contributed by atoms with Crippen molar-refractivity contribution in [2.24, 2.45) is 5.92 Å². The average molecular weight is 465 g/mol. The van der Waals surface area contributed by atoms with Crippen molar-refractivity contribution >= 4 is 15.7 Å². The second kappa shape index (κ2) is 9.15. The van der Waals surface area contributed by atoms with Gasteiger partial charge in [0.2, 0.25) is 0 Å². The van der Waals surface area contributed by atoms with E-state index in [1.165, 1.54) is 17.7 Å². The fourth-order valence-corrected chi connectivity index (χ4v) is 6.52. The first-order valence-corrected chi connectivity index (χ1v) is 13.2. The van der Waals surface area contributed by atoms with Crippen molar-refractivity contribution in [2.75, 3.05) is 24.4 Å². The van der Waals surface area contributed by atoms with Crippen molar-refractivity contribution < 1.29 is 13.3 Å². The molecule has 0 saturated carbocycles. The molecule has 33 heavy (non-hydrogen) atoms. The first-order chi connectivity index (χ1) is 16.0. The molecule has 0 amide bonds. The molecule has 0 spiro atoms. The summed E-state index contributed by atoms with van der Waals surface area (Å²) in [7, 11) is -3.79. The van der Waals surface area contributed by atoms with Crippen LogP contribution in [0.2, 0.25) is 0 Å². The molecule has 3 atom stereocenters. The smallest absolute Gasteiger partial charge is 0.275 e. The van der Waals surface area contributed by atoms with E-state index >= 15 is 0 Å². The van der Waals surface area contributed by atoms with E-state index < -0.39 is 10.0 Å². The fraction of sp³-hybridized carbons (Fsp3) is 0.346. The highest BCUT2D eigenvalue weighted by atomic mass is 32.2. The summed E-state index contributed by atoms with van der Waals surface area (Å²) in [6, 6.07) is 22.3. The maximum Gasteiger partial charge on any atom is 0.275 e. The Morgan fingerprint density at radius 1 is 0.939 bits per heavy atom. The SMILES string of the molecule is O=c1c(NS(=O)(=O)c2ccccc2)ccc2n1C[C@H]1C[C@@H]2C[NH+](CCCc2ccccc2)C1. The lowest BCUT2D eigenvalue weighted by Gasteiger charge is -2.40. The Bertz CT molecular complexity index is 1270. The number of fused-ring (bicyclic) bond motifs is 4. The van der Waals surface area contributed by atoms with E-state index in [1.54, 1.807) is 29.2 Å². The number of hydrogen-bond acceptors (Lipinski definition) is 3. The van der Waals surface area contributed by atoms with Gasteiger partial charge in [-0.1, -0.05) is 48.5 Å². The van der Waals surface area contributed by atoms with Crippen molar-refractivity contribution in [1.29, 1.82) is 0 Å². The van der Waals surface area contributed by atoms with Crippen molar-refractivity contribution in [3.63, 3.8) is 0 Å². The second-order valence-corrected chi connectivity index (χ2v) is 11.0. The summed E-state index contributed by atoms with van der Waals surface area (Å²) in [4.78, 5) is 15.0. The third-order valence-electron chi connectivity index (χ3n) is 6.93. The molecule has 0 radical (unpaired) electrons. The number of nitrogens with one attached hydrogen (secondary N) is 2. The summed E-state index contributed by atoms with van der Waals surface area (Å²) < 4.78 is 29.7. The maximum atomic E-state index is 13.2. The van der Waals surface area contributed by atoms with Crippen LogP contribution >= 0.6 is 0 Å². The number of pyridine rings is 1. The molecule has 2 bridgehead atoms. The number of anilines is 1. The zero-order chi connectivity index (χ0) is 22.8. The molecule has 2 N–H and O–H groups in total. The minimum atomic E-state index is -3.79. The van der Waals surface area contributed by atoms with Gasteiger partial charge in [-0.25, -0.2) is 8.42 Å². The van der Waals surface area contributed by atoms with Crippen LogP contribution in [-0.4, -0.2) is 32.6 Å². The third kappa shape index (κ3) is 4.75. The second-order valence-electron chi connectivity index (χ2n) is 9.30. The van der Waals surface area contributed by atoms with Crippen LogP contribution in [0.5, 0.6) is 0 Å². The quantitative estimate of drug-likeness (QED) is 0.564. The molecule has 1 fully saturated rings. The molecular formula is C26H30N3O3S+. The van der Waals surface area contributed by atoms with Gasteiger partial charge in [-0.05, 0) is 42.7 Å².